The van der Waals surface area contributed by atoms with Gasteiger partial charge in [-0.1, -0.05) is 6.07 Å². The van der Waals surface area contributed by atoms with E-state index in [9.17, 15) is 9.18 Å². The summed E-state index contributed by atoms with van der Waals surface area (Å²) in [4.78, 5) is 18.7. The number of aromatic carboxylic acids is 1. The summed E-state index contributed by atoms with van der Waals surface area (Å²) in [5.74, 6) is -1.35. The second-order valence-corrected chi connectivity index (χ2v) is 3.85. The van der Waals surface area contributed by atoms with E-state index < -0.39 is 11.8 Å². The quantitative estimate of drug-likeness (QED) is 0.764. The highest BCUT2D eigenvalue weighted by atomic mass is 19.1. The summed E-state index contributed by atoms with van der Waals surface area (Å²) in [6, 6.07) is 8.57. The first-order valence-corrected chi connectivity index (χ1v) is 5.40. The Morgan fingerprint density at radius 2 is 2.05 bits per heavy atom. The van der Waals surface area contributed by atoms with Crippen molar-refractivity contribution in [1.82, 2.24) is 9.97 Å². The van der Waals surface area contributed by atoms with E-state index in [4.69, 9.17) is 9.52 Å². The molecular formula is C13H7FN2O3. The molecule has 0 bridgehead atoms. The average Bonchev–Trinajstić information content (AvgIpc) is 2.81. The lowest BCUT2D eigenvalue weighted by Gasteiger charge is -1.93. The van der Waals surface area contributed by atoms with E-state index in [1.165, 1.54) is 30.3 Å². The van der Waals surface area contributed by atoms with Gasteiger partial charge in [0.25, 0.3) is 0 Å². The molecule has 0 aliphatic rings. The van der Waals surface area contributed by atoms with E-state index in [2.05, 4.69) is 9.97 Å². The Labute approximate surface area is 106 Å². The van der Waals surface area contributed by atoms with Crippen molar-refractivity contribution in [3.05, 3.63) is 47.9 Å². The maximum absolute atomic E-state index is 13.1. The van der Waals surface area contributed by atoms with Crippen LogP contribution in [0.4, 0.5) is 4.39 Å². The van der Waals surface area contributed by atoms with Crippen molar-refractivity contribution in [2.45, 2.75) is 0 Å². The zero-order chi connectivity index (χ0) is 13.4. The number of aromatic nitrogens is 2. The molecular weight excluding hydrogens is 251 g/mol. The molecule has 2 aromatic heterocycles. The van der Waals surface area contributed by atoms with Crippen molar-refractivity contribution in [2.75, 3.05) is 0 Å². The fourth-order valence-electron chi connectivity index (χ4n) is 1.68. The van der Waals surface area contributed by atoms with Gasteiger partial charge in [-0.05, 0) is 30.3 Å². The molecule has 5 nitrogen and oxygen atoms in total. The third kappa shape index (κ3) is 2.03. The molecule has 3 aromatic rings. The van der Waals surface area contributed by atoms with Gasteiger partial charge in [0.1, 0.15) is 5.82 Å². The Bertz CT molecular complexity index is 782. The molecule has 0 amide bonds. The van der Waals surface area contributed by atoms with Crippen LogP contribution in [0.25, 0.3) is 22.7 Å². The number of nitrogens with zero attached hydrogens (tertiary/aromatic N) is 2. The van der Waals surface area contributed by atoms with Gasteiger partial charge >= 0.3 is 5.97 Å². The number of carboxylic acids is 1. The molecule has 94 valence electrons. The normalized spacial score (nSPS) is 10.8. The number of fused-ring (bicyclic) bond motifs is 1. The minimum atomic E-state index is -1.14. The number of benzene rings is 1. The minimum Gasteiger partial charge on any atom is -0.477 e. The summed E-state index contributed by atoms with van der Waals surface area (Å²) in [6.07, 6.45) is 0. The third-order valence-corrected chi connectivity index (χ3v) is 2.54. The molecule has 1 N–H and O–H groups in total. The predicted molar refractivity (Wildman–Crippen MR) is 64.2 cm³/mol. The topological polar surface area (TPSA) is 76.2 Å². The van der Waals surface area contributed by atoms with Crippen molar-refractivity contribution < 1.29 is 18.7 Å². The first kappa shape index (κ1) is 11.3. The average molecular weight is 258 g/mol. The second kappa shape index (κ2) is 4.16. The van der Waals surface area contributed by atoms with Crippen LogP contribution in [0.3, 0.4) is 0 Å². The molecule has 0 radical (unpaired) electrons. The monoisotopic (exact) mass is 258 g/mol. The number of halogens is 1. The lowest BCUT2D eigenvalue weighted by molar-refractivity contribution is 0.0691. The van der Waals surface area contributed by atoms with Gasteiger partial charge in [0.15, 0.2) is 16.9 Å². The maximum Gasteiger partial charge on any atom is 0.354 e. The van der Waals surface area contributed by atoms with Gasteiger partial charge in [0, 0.05) is 5.56 Å². The van der Waals surface area contributed by atoms with Crippen LogP contribution in [0, 0.1) is 5.82 Å². The number of carboxylic acid groups (broad SMARTS) is 1. The van der Waals surface area contributed by atoms with Crippen molar-refractivity contribution in [3.63, 3.8) is 0 Å². The summed E-state index contributed by atoms with van der Waals surface area (Å²) < 4.78 is 18.5. The van der Waals surface area contributed by atoms with Gasteiger partial charge in [-0.15, -0.1) is 0 Å². The van der Waals surface area contributed by atoms with E-state index in [1.54, 1.807) is 6.07 Å². The summed E-state index contributed by atoms with van der Waals surface area (Å²) >= 11 is 0. The zero-order valence-corrected chi connectivity index (χ0v) is 9.50. The molecule has 0 aliphatic carbocycles. The number of carbonyl (C=O) groups is 1. The van der Waals surface area contributed by atoms with Crippen LogP contribution in [0.15, 0.2) is 40.8 Å². The first-order valence-electron chi connectivity index (χ1n) is 5.40. The van der Waals surface area contributed by atoms with Crippen LogP contribution in [-0.2, 0) is 0 Å². The highest BCUT2D eigenvalue weighted by Gasteiger charge is 2.12. The van der Waals surface area contributed by atoms with E-state index in [-0.39, 0.29) is 17.2 Å². The molecule has 19 heavy (non-hydrogen) atoms. The summed E-state index contributed by atoms with van der Waals surface area (Å²) in [5.41, 5.74) is 0.880. The summed E-state index contributed by atoms with van der Waals surface area (Å²) in [6.45, 7) is 0. The Hall–Kier alpha value is -2.76. The molecule has 0 aliphatic heterocycles. The maximum atomic E-state index is 13.1. The Balaban J connectivity index is 2.14. The lowest BCUT2D eigenvalue weighted by atomic mass is 10.2. The molecule has 0 spiro atoms. The SMILES string of the molecule is O=C(O)c1ccc2oc(-c3cccc(F)c3)nc2n1. The summed E-state index contributed by atoms with van der Waals surface area (Å²) in [7, 11) is 0. The largest absolute Gasteiger partial charge is 0.477 e. The molecule has 0 saturated heterocycles. The number of rotatable bonds is 2. The van der Waals surface area contributed by atoms with Gasteiger partial charge < -0.3 is 9.52 Å². The van der Waals surface area contributed by atoms with Crippen molar-refractivity contribution >= 4 is 17.2 Å². The fraction of sp³-hybridized carbons (Fsp3) is 0. The molecule has 0 saturated carbocycles. The van der Waals surface area contributed by atoms with Gasteiger partial charge in [0.2, 0.25) is 5.89 Å². The molecule has 1 aromatic carbocycles. The van der Waals surface area contributed by atoms with Crippen LogP contribution in [0.2, 0.25) is 0 Å². The first-order chi connectivity index (χ1) is 9.13. The van der Waals surface area contributed by atoms with E-state index in [0.29, 0.717) is 11.1 Å². The van der Waals surface area contributed by atoms with E-state index in [1.807, 2.05) is 0 Å². The predicted octanol–water partition coefficient (Wildman–Crippen LogP) is 2.73. The standard InChI is InChI=1S/C13H7FN2O3/c14-8-3-1-2-7(6-8)12-16-11-10(19-12)5-4-9(15-11)13(17)18/h1-6H,(H,17,18). The fourth-order valence-corrected chi connectivity index (χ4v) is 1.68. The van der Waals surface area contributed by atoms with Crippen molar-refractivity contribution in [3.8, 4) is 11.5 Å². The second-order valence-electron chi connectivity index (χ2n) is 3.85. The van der Waals surface area contributed by atoms with Gasteiger partial charge in [-0.25, -0.2) is 14.2 Å². The molecule has 0 fully saturated rings. The third-order valence-electron chi connectivity index (χ3n) is 2.54. The smallest absolute Gasteiger partial charge is 0.354 e. The number of oxazole rings is 1. The highest BCUT2D eigenvalue weighted by Crippen LogP contribution is 2.23. The van der Waals surface area contributed by atoms with Crippen molar-refractivity contribution in [1.29, 1.82) is 0 Å². The molecule has 3 rings (SSSR count). The molecule has 2 heterocycles. The van der Waals surface area contributed by atoms with Crippen molar-refractivity contribution in [2.24, 2.45) is 0 Å². The van der Waals surface area contributed by atoms with Crippen LogP contribution >= 0.6 is 0 Å². The lowest BCUT2D eigenvalue weighted by Crippen LogP contribution is -1.99. The van der Waals surface area contributed by atoms with Crippen LogP contribution < -0.4 is 0 Å². The van der Waals surface area contributed by atoms with Gasteiger partial charge in [-0.2, -0.15) is 4.98 Å². The number of hydrogen-bond donors (Lipinski definition) is 1. The van der Waals surface area contributed by atoms with Crippen LogP contribution in [0.5, 0.6) is 0 Å². The highest BCUT2D eigenvalue weighted by molar-refractivity contribution is 5.88. The van der Waals surface area contributed by atoms with Gasteiger partial charge in [-0.3, -0.25) is 0 Å². The van der Waals surface area contributed by atoms with E-state index in [0.717, 1.165) is 0 Å². The number of pyridine rings is 1. The Morgan fingerprint density at radius 3 is 2.79 bits per heavy atom. The van der Waals surface area contributed by atoms with Crippen LogP contribution in [0.1, 0.15) is 10.5 Å². The minimum absolute atomic E-state index is 0.119. The number of hydrogen-bond acceptors (Lipinski definition) is 4. The zero-order valence-electron chi connectivity index (χ0n) is 9.50. The Kier molecular flexibility index (Phi) is 2.49. The molecule has 6 heteroatoms. The summed E-state index contributed by atoms with van der Waals surface area (Å²) in [5, 5.41) is 8.83. The van der Waals surface area contributed by atoms with Gasteiger partial charge in [0.05, 0.1) is 0 Å². The van der Waals surface area contributed by atoms with Crippen LogP contribution in [-0.4, -0.2) is 21.0 Å². The van der Waals surface area contributed by atoms with E-state index >= 15 is 0 Å². The molecule has 0 unspecified atom stereocenters. The Morgan fingerprint density at radius 1 is 1.21 bits per heavy atom. The molecule has 0 atom stereocenters.